The average Bonchev–Trinajstić information content (AvgIpc) is 2.55. The van der Waals surface area contributed by atoms with Gasteiger partial charge in [-0.25, -0.2) is 8.78 Å². The lowest BCUT2D eigenvalue weighted by Gasteiger charge is -2.04. The average molecular weight is 411 g/mol. The van der Waals surface area contributed by atoms with Crippen LogP contribution in [-0.4, -0.2) is 11.6 Å². The monoisotopic (exact) mass is 410 g/mol. The van der Waals surface area contributed by atoms with Crippen molar-refractivity contribution in [3.05, 3.63) is 69.2 Å². The van der Waals surface area contributed by atoms with E-state index in [1.807, 2.05) is 26.0 Å². The number of benzene rings is 2. The van der Waals surface area contributed by atoms with Crippen LogP contribution >= 0.6 is 15.9 Å². The molecule has 2 aromatic carbocycles. The highest BCUT2D eigenvalue weighted by molar-refractivity contribution is 9.10. The van der Waals surface area contributed by atoms with Gasteiger partial charge in [0.1, 0.15) is 17.4 Å². The molecule has 0 aliphatic carbocycles. The first kappa shape index (κ1) is 21.2. The number of rotatable bonds is 5. The molecule has 0 radical (unpaired) electrons. The number of ketones is 2. The molecule has 0 aliphatic rings. The summed E-state index contributed by atoms with van der Waals surface area (Å²) in [6, 6.07) is 9.23. The number of carbonyl (C=O) groups is 2. The van der Waals surface area contributed by atoms with E-state index < -0.39 is 11.6 Å². The third-order valence-electron chi connectivity index (χ3n) is 3.60. The van der Waals surface area contributed by atoms with Crippen molar-refractivity contribution in [2.24, 2.45) is 0 Å². The second-order valence-corrected chi connectivity index (χ2v) is 6.59. The lowest BCUT2D eigenvalue weighted by atomic mass is 10.0. The predicted octanol–water partition coefficient (Wildman–Crippen LogP) is 5.84. The Balaban J connectivity index is 0.000000271. The molecule has 2 nitrogen and oxygen atoms in total. The molecule has 0 saturated carbocycles. The van der Waals surface area contributed by atoms with Gasteiger partial charge in [0.25, 0.3) is 0 Å². The van der Waals surface area contributed by atoms with Gasteiger partial charge in [-0.3, -0.25) is 4.79 Å². The Labute approximate surface area is 155 Å². The lowest BCUT2D eigenvalue weighted by molar-refractivity contribution is -0.116. The fraction of sp³-hybridized carbons (Fsp3) is 0.300. The quantitative estimate of drug-likeness (QED) is 0.580. The van der Waals surface area contributed by atoms with Crippen LogP contribution in [0.2, 0.25) is 0 Å². The van der Waals surface area contributed by atoms with E-state index in [1.165, 1.54) is 19.1 Å². The van der Waals surface area contributed by atoms with E-state index in [-0.39, 0.29) is 11.6 Å². The minimum absolute atomic E-state index is 0.0315. The van der Waals surface area contributed by atoms with Gasteiger partial charge in [-0.05, 0) is 49.6 Å². The molecular formula is C20H21BrF2O2. The Morgan fingerprint density at radius 2 is 1.72 bits per heavy atom. The maximum Gasteiger partial charge on any atom is 0.163 e. The zero-order valence-corrected chi connectivity index (χ0v) is 16.1. The maximum absolute atomic E-state index is 12.6. The summed E-state index contributed by atoms with van der Waals surface area (Å²) in [6.07, 6.45) is 1.23. The van der Waals surface area contributed by atoms with Gasteiger partial charge >= 0.3 is 0 Å². The molecule has 0 aromatic heterocycles. The van der Waals surface area contributed by atoms with Gasteiger partial charge in [-0.1, -0.05) is 35.0 Å². The predicted molar refractivity (Wildman–Crippen MR) is 98.9 cm³/mol. The molecule has 2 rings (SSSR count). The van der Waals surface area contributed by atoms with Crippen molar-refractivity contribution in [1.29, 1.82) is 0 Å². The molecule has 134 valence electrons. The van der Waals surface area contributed by atoms with Crippen LogP contribution in [0, 0.1) is 18.6 Å². The van der Waals surface area contributed by atoms with Crippen molar-refractivity contribution in [2.75, 3.05) is 0 Å². The van der Waals surface area contributed by atoms with Gasteiger partial charge < -0.3 is 4.79 Å². The van der Waals surface area contributed by atoms with Crippen LogP contribution in [-0.2, 0) is 11.2 Å². The van der Waals surface area contributed by atoms with E-state index in [0.717, 1.165) is 16.1 Å². The minimum Gasteiger partial charge on any atom is -0.300 e. The topological polar surface area (TPSA) is 34.1 Å². The summed E-state index contributed by atoms with van der Waals surface area (Å²) in [6.45, 7) is 5.23. The SMILES string of the molecule is CC(=O)CCC(=O)c1cc(Br)ccc1C.CCc1ccc(F)cc1F. The first-order valence-electron chi connectivity index (χ1n) is 7.97. The lowest BCUT2D eigenvalue weighted by Crippen LogP contribution is -2.04. The fourth-order valence-corrected chi connectivity index (χ4v) is 2.49. The minimum atomic E-state index is -0.519. The van der Waals surface area contributed by atoms with Crippen LogP contribution in [0.3, 0.4) is 0 Å². The molecule has 0 bridgehead atoms. The third kappa shape index (κ3) is 7.26. The van der Waals surface area contributed by atoms with Crippen LogP contribution in [0.1, 0.15) is 48.2 Å². The summed E-state index contributed by atoms with van der Waals surface area (Å²) in [5.74, 6) is -0.891. The highest BCUT2D eigenvalue weighted by Crippen LogP contribution is 2.18. The van der Waals surface area contributed by atoms with E-state index >= 15 is 0 Å². The van der Waals surface area contributed by atoms with E-state index in [2.05, 4.69) is 15.9 Å². The molecule has 0 N–H and O–H groups in total. The van der Waals surface area contributed by atoms with Crippen molar-refractivity contribution < 1.29 is 18.4 Å². The molecule has 25 heavy (non-hydrogen) atoms. The van der Waals surface area contributed by atoms with Crippen LogP contribution < -0.4 is 0 Å². The largest absolute Gasteiger partial charge is 0.300 e. The molecule has 0 heterocycles. The van der Waals surface area contributed by atoms with Crippen molar-refractivity contribution in [3.63, 3.8) is 0 Å². The molecule has 0 atom stereocenters. The van der Waals surface area contributed by atoms with Crippen LogP contribution in [0.5, 0.6) is 0 Å². The van der Waals surface area contributed by atoms with E-state index in [0.29, 0.717) is 30.4 Å². The molecule has 5 heteroatoms. The highest BCUT2D eigenvalue weighted by Gasteiger charge is 2.10. The number of Topliss-reactive ketones (excluding diaryl/α,β-unsaturated/α-hetero) is 2. The summed E-state index contributed by atoms with van der Waals surface area (Å²) in [5.41, 5.74) is 2.21. The second kappa shape index (κ2) is 10.2. The van der Waals surface area contributed by atoms with Gasteiger partial charge in [0, 0.05) is 28.9 Å². The van der Waals surface area contributed by atoms with E-state index in [4.69, 9.17) is 0 Å². The fourth-order valence-electron chi connectivity index (χ4n) is 2.13. The zero-order chi connectivity index (χ0) is 19.0. The summed E-state index contributed by atoms with van der Waals surface area (Å²) in [5, 5.41) is 0. The Bertz CT molecular complexity index is 757. The van der Waals surface area contributed by atoms with Crippen LogP contribution in [0.25, 0.3) is 0 Å². The van der Waals surface area contributed by atoms with Crippen molar-refractivity contribution in [1.82, 2.24) is 0 Å². The molecule has 0 aliphatic heterocycles. The second-order valence-electron chi connectivity index (χ2n) is 5.67. The van der Waals surface area contributed by atoms with Gasteiger partial charge in [0.05, 0.1) is 0 Å². The molecular weight excluding hydrogens is 390 g/mol. The first-order valence-corrected chi connectivity index (χ1v) is 8.76. The number of halogens is 3. The third-order valence-corrected chi connectivity index (χ3v) is 4.09. The standard InChI is InChI=1S/C12H13BrO2.C8H8F2/c1-8-3-5-10(13)7-11(8)12(15)6-4-9(2)14;1-2-6-3-4-7(9)5-8(6)10/h3,5,7H,4,6H2,1-2H3;3-5H,2H2,1H3. The highest BCUT2D eigenvalue weighted by atomic mass is 79.9. The maximum atomic E-state index is 12.6. The van der Waals surface area contributed by atoms with Gasteiger partial charge in [0.2, 0.25) is 0 Å². The number of hydrogen-bond donors (Lipinski definition) is 0. The Morgan fingerprint density at radius 3 is 2.28 bits per heavy atom. The zero-order valence-electron chi connectivity index (χ0n) is 14.5. The van der Waals surface area contributed by atoms with Gasteiger partial charge in [0.15, 0.2) is 5.78 Å². The summed E-state index contributed by atoms with van der Waals surface area (Å²) >= 11 is 3.33. The number of aryl methyl sites for hydroxylation is 2. The molecule has 0 unspecified atom stereocenters. The Morgan fingerprint density at radius 1 is 1.04 bits per heavy atom. The van der Waals surface area contributed by atoms with Gasteiger partial charge in [-0.2, -0.15) is 0 Å². The summed E-state index contributed by atoms with van der Waals surface area (Å²) in [7, 11) is 0. The summed E-state index contributed by atoms with van der Waals surface area (Å²) in [4.78, 5) is 22.5. The van der Waals surface area contributed by atoms with Crippen LogP contribution in [0.4, 0.5) is 8.78 Å². The van der Waals surface area contributed by atoms with Gasteiger partial charge in [-0.15, -0.1) is 0 Å². The Kier molecular flexibility index (Phi) is 8.62. The molecule has 0 fully saturated rings. The van der Waals surface area contributed by atoms with E-state index in [9.17, 15) is 18.4 Å². The Hall–Kier alpha value is -1.88. The first-order chi connectivity index (χ1) is 11.7. The van der Waals surface area contributed by atoms with E-state index in [1.54, 1.807) is 6.07 Å². The smallest absolute Gasteiger partial charge is 0.163 e. The summed E-state index contributed by atoms with van der Waals surface area (Å²) < 4.78 is 25.7. The molecule has 0 amide bonds. The molecule has 2 aromatic rings. The number of carbonyl (C=O) groups excluding carboxylic acids is 2. The molecule has 0 saturated heterocycles. The normalized spacial score (nSPS) is 10.0. The van der Waals surface area contributed by atoms with Crippen LogP contribution in [0.15, 0.2) is 40.9 Å². The van der Waals surface area contributed by atoms with Crippen molar-refractivity contribution >= 4 is 27.5 Å². The van der Waals surface area contributed by atoms with Crippen molar-refractivity contribution in [3.8, 4) is 0 Å². The molecule has 0 spiro atoms. The van der Waals surface area contributed by atoms with Crippen molar-refractivity contribution in [2.45, 2.75) is 40.0 Å². The number of hydrogen-bond acceptors (Lipinski definition) is 2.